The summed E-state index contributed by atoms with van der Waals surface area (Å²) in [6.45, 7) is 14.4. The molecular formula is C16H26. The molecule has 90 valence electrons. The highest BCUT2D eigenvalue weighted by molar-refractivity contribution is 5.38. The summed E-state index contributed by atoms with van der Waals surface area (Å²) >= 11 is 0. The Balaban J connectivity index is 2.56. The first-order valence-corrected chi connectivity index (χ1v) is 6.70. The van der Waals surface area contributed by atoms with Crippen molar-refractivity contribution in [2.45, 2.75) is 54.4 Å². The summed E-state index contributed by atoms with van der Waals surface area (Å²) in [7, 11) is 0. The Morgan fingerprint density at radius 1 is 1.12 bits per heavy atom. The van der Waals surface area contributed by atoms with E-state index >= 15 is 0 Å². The maximum Gasteiger partial charge on any atom is 0.00964 e. The summed E-state index contributed by atoms with van der Waals surface area (Å²) in [5.41, 5.74) is 4.00. The molecule has 0 aromatic heterocycles. The standard InChI is InChI=1S/C16H26/c1-11-7-9-15(5)12(2)13(3)16(6,10-8-11)14(15)4/h7,9,11,14H,8,10H2,1-6H3/b9-7-/t11-,14+,15+,16-/m1/s1. The minimum atomic E-state index is 0.299. The van der Waals surface area contributed by atoms with Gasteiger partial charge in [-0.25, -0.2) is 0 Å². The molecule has 2 aliphatic carbocycles. The molecule has 0 spiro atoms. The molecule has 16 heavy (non-hydrogen) atoms. The second kappa shape index (κ2) is 3.48. The van der Waals surface area contributed by atoms with Crippen LogP contribution in [-0.4, -0.2) is 0 Å². The summed E-state index contributed by atoms with van der Waals surface area (Å²) in [5, 5.41) is 0. The fourth-order valence-electron chi connectivity index (χ4n) is 3.80. The lowest BCUT2D eigenvalue weighted by Crippen LogP contribution is -2.32. The zero-order valence-corrected chi connectivity index (χ0v) is 11.7. The molecule has 0 aromatic carbocycles. The first-order chi connectivity index (χ1) is 7.32. The minimum Gasteiger partial charge on any atom is -0.0848 e. The molecule has 0 unspecified atom stereocenters. The highest BCUT2D eigenvalue weighted by Gasteiger charge is 2.50. The van der Waals surface area contributed by atoms with Crippen molar-refractivity contribution in [1.82, 2.24) is 0 Å². The van der Waals surface area contributed by atoms with Crippen molar-refractivity contribution in [2.75, 3.05) is 0 Å². The quantitative estimate of drug-likeness (QED) is 0.503. The summed E-state index contributed by atoms with van der Waals surface area (Å²) in [6, 6.07) is 0. The molecule has 2 aliphatic rings. The first-order valence-electron chi connectivity index (χ1n) is 6.70. The molecular weight excluding hydrogens is 192 g/mol. The van der Waals surface area contributed by atoms with Gasteiger partial charge < -0.3 is 0 Å². The van der Waals surface area contributed by atoms with Crippen molar-refractivity contribution in [2.24, 2.45) is 22.7 Å². The Hall–Kier alpha value is -0.520. The van der Waals surface area contributed by atoms with Gasteiger partial charge in [0, 0.05) is 5.41 Å². The smallest absolute Gasteiger partial charge is 0.00964 e. The van der Waals surface area contributed by atoms with E-state index in [1.165, 1.54) is 12.8 Å². The van der Waals surface area contributed by atoms with Gasteiger partial charge in [0.05, 0.1) is 0 Å². The molecule has 0 N–H and O–H groups in total. The van der Waals surface area contributed by atoms with Gasteiger partial charge in [-0.3, -0.25) is 0 Å². The molecule has 0 nitrogen and oxygen atoms in total. The van der Waals surface area contributed by atoms with Crippen LogP contribution in [0.1, 0.15) is 54.4 Å². The maximum atomic E-state index is 2.49. The topological polar surface area (TPSA) is 0 Å². The van der Waals surface area contributed by atoms with Crippen molar-refractivity contribution in [3.05, 3.63) is 23.3 Å². The monoisotopic (exact) mass is 218 g/mol. The average molecular weight is 218 g/mol. The third-order valence-electron chi connectivity index (χ3n) is 5.97. The van der Waals surface area contributed by atoms with Crippen LogP contribution in [0.25, 0.3) is 0 Å². The van der Waals surface area contributed by atoms with E-state index in [0.29, 0.717) is 10.8 Å². The third-order valence-corrected chi connectivity index (χ3v) is 5.97. The van der Waals surface area contributed by atoms with E-state index in [-0.39, 0.29) is 0 Å². The number of allylic oxidation sites excluding steroid dienone is 4. The van der Waals surface area contributed by atoms with Gasteiger partial charge in [0.2, 0.25) is 0 Å². The lowest BCUT2D eigenvalue weighted by molar-refractivity contribution is 0.167. The van der Waals surface area contributed by atoms with Crippen molar-refractivity contribution >= 4 is 0 Å². The maximum absolute atomic E-state index is 2.49. The highest BCUT2D eigenvalue weighted by Crippen LogP contribution is 2.60. The van der Waals surface area contributed by atoms with Gasteiger partial charge in [0.15, 0.2) is 0 Å². The summed E-state index contributed by atoms with van der Waals surface area (Å²) in [6.07, 6.45) is 7.61. The molecule has 0 amide bonds. The summed E-state index contributed by atoms with van der Waals surface area (Å²) in [5.74, 6) is 1.48. The predicted molar refractivity (Wildman–Crippen MR) is 71.3 cm³/mol. The molecule has 4 atom stereocenters. The van der Waals surface area contributed by atoms with Crippen LogP contribution in [0.4, 0.5) is 0 Å². The lowest BCUT2D eigenvalue weighted by Gasteiger charge is -2.40. The van der Waals surface area contributed by atoms with Crippen LogP contribution in [0.2, 0.25) is 0 Å². The Kier molecular flexibility index (Phi) is 2.60. The van der Waals surface area contributed by atoms with Gasteiger partial charge in [-0.1, -0.05) is 51.0 Å². The van der Waals surface area contributed by atoms with E-state index in [1.54, 1.807) is 11.1 Å². The number of rotatable bonds is 0. The van der Waals surface area contributed by atoms with Crippen LogP contribution >= 0.6 is 0 Å². The second-order valence-electron chi connectivity index (χ2n) is 6.55. The lowest BCUT2D eigenvalue weighted by atomic mass is 9.64. The van der Waals surface area contributed by atoms with Crippen molar-refractivity contribution in [1.29, 1.82) is 0 Å². The van der Waals surface area contributed by atoms with Crippen molar-refractivity contribution in [3.63, 3.8) is 0 Å². The summed E-state index contributed by atoms with van der Waals surface area (Å²) < 4.78 is 0. The van der Waals surface area contributed by atoms with E-state index in [4.69, 9.17) is 0 Å². The first kappa shape index (κ1) is 12.0. The molecule has 0 saturated heterocycles. The van der Waals surface area contributed by atoms with Gasteiger partial charge in [-0.2, -0.15) is 0 Å². The van der Waals surface area contributed by atoms with Gasteiger partial charge in [0.25, 0.3) is 0 Å². The van der Waals surface area contributed by atoms with Gasteiger partial charge in [-0.15, -0.1) is 0 Å². The fraction of sp³-hybridized carbons (Fsp3) is 0.750. The van der Waals surface area contributed by atoms with Crippen LogP contribution in [0, 0.1) is 22.7 Å². The zero-order valence-electron chi connectivity index (χ0n) is 11.7. The largest absolute Gasteiger partial charge is 0.0848 e. The van der Waals surface area contributed by atoms with E-state index < -0.39 is 0 Å². The zero-order chi connectivity index (χ0) is 12.1. The molecule has 0 fully saturated rings. The average Bonchev–Trinajstić information content (AvgIpc) is 2.40. The molecule has 0 aromatic rings. The minimum absolute atomic E-state index is 0.299. The number of fused-ring (bicyclic) bond motifs is 2. The highest BCUT2D eigenvalue weighted by atomic mass is 14.5. The number of hydrogen-bond donors (Lipinski definition) is 0. The van der Waals surface area contributed by atoms with Gasteiger partial charge in [0.1, 0.15) is 0 Å². The molecule has 0 heteroatoms. The van der Waals surface area contributed by atoms with Crippen LogP contribution in [0.3, 0.4) is 0 Å². The molecule has 0 aliphatic heterocycles. The molecule has 0 heterocycles. The van der Waals surface area contributed by atoms with Gasteiger partial charge >= 0.3 is 0 Å². The molecule has 2 bridgehead atoms. The Morgan fingerprint density at radius 2 is 1.75 bits per heavy atom. The van der Waals surface area contributed by atoms with E-state index in [0.717, 1.165) is 11.8 Å². The van der Waals surface area contributed by atoms with Crippen molar-refractivity contribution < 1.29 is 0 Å². The van der Waals surface area contributed by atoms with E-state index in [9.17, 15) is 0 Å². The fourth-order valence-corrected chi connectivity index (χ4v) is 3.80. The van der Waals surface area contributed by atoms with Crippen LogP contribution < -0.4 is 0 Å². The van der Waals surface area contributed by atoms with E-state index in [2.05, 4.69) is 53.7 Å². The second-order valence-corrected chi connectivity index (χ2v) is 6.55. The Bertz CT molecular complexity index is 360. The summed E-state index contributed by atoms with van der Waals surface area (Å²) in [4.78, 5) is 0. The molecule has 2 rings (SSSR count). The van der Waals surface area contributed by atoms with Crippen LogP contribution in [0.5, 0.6) is 0 Å². The Labute approximate surface area is 101 Å². The predicted octanol–water partition coefficient (Wildman–Crippen LogP) is 4.97. The number of hydrogen-bond acceptors (Lipinski definition) is 0. The van der Waals surface area contributed by atoms with Gasteiger partial charge in [-0.05, 0) is 43.9 Å². The molecule has 0 saturated carbocycles. The van der Waals surface area contributed by atoms with E-state index in [1.807, 2.05) is 0 Å². The molecule has 0 radical (unpaired) electrons. The van der Waals surface area contributed by atoms with Crippen molar-refractivity contribution in [3.8, 4) is 0 Å². The third kappa shape index (κ3) is 1.35. The van der Waals surface area contributed by atoms with Crippen LogP contribution in [0.15, 0.2) is 23.3 Å². The normalized spacial score (nSPS) is 50.1. The SMILES string of the molecule is CC1=C(C)[C@@]2(C)CC[C@H](C)/C=C\[C@]1(C)[C@@H]2C. The van der Waals surface area contributed by atoms with Crippen LogP contribution in [-0.2, 0) is 0 Å². The Morgan fingerprint density at radius 3 is 2.38 bits per heavy atom.